The van der Waals surface area contributed by atoms with Gasteiger partial charge in [-0.3, -0.25) is 14.2 Å². The van der Waals surface area contributed by atoms with Gasteiger partial charge >= 0.3 is 0 Å². The fraction of sp³-hybridized carbons (Fsp3) is 0.154. The summed E-state index contributed by atoms with van der Waals surface area (Å²) in [6.45, 7) is 5.58. The molecule has 174 valence electrons. The second-order valence-corrected chi connectivity index (χ2v) is 10.1. The number of aromatic amines is 1. The first-order chi connectivity index (χ1) is 16.2. The minimum Gasteiger partial charge on any atom is -0.357 e. The number of hydrogen-bond donors (Lipinski definition) is 1. The molecule has 0 fully saturated rings. The first kappa shape index (κ1) is 23.3. The van der Waals surface area contributed by atoms with E-state index >= 15 is 0 Å². The number of rotatable bonds is 6. The van der Waals surface area contributed by atoms with Crippen molar-refractivity contribution in [2.24, 2.45) is 0 Å². The molecule has 7 nitrogen and oxygen atoms in total. The van der Waals surface area contributed by atoms with Crippen molar-refractivity contribution in [3.05, 3.63) is 94.9 Å². The number of nitrogens with one attached hydrogen (secondary N) is 1. The highest BCUT2D eigenvalue weighted by atomic mass is 32.2. The first-order valence-electron chi connectivity index (χ1n) is 10.7. The predicted molar refractivity (Wildman–Crippen MR) is 133 cm³/mol. The molecule has 1 N–H and O–H groups in total. The Hall–Kier alpha value is -3.91. The van der Waals surface area contributed by atoms with Crippen LogP contribution in [-0.2, 0) is 16.4 Å². The van der Waals surface area contributed by atoms with Gasteiger partial charge in [0.25, 0.3) is 11.5 Å². The molecular weight excluding hydrogens is 450 g/mol. The van der Waals surface area contributed by atoms with E-state index in [0.29, 0.717) is 22.1 Å². The predicted octanol–water partition coefficient (Wildman–Crippen LogP) is 4.03. The van der Waals surface area contributed by atoms with Crippen LogP contribution in [0.25, 0.3) is 22.0 Å². The van der Waals surface area contributed by atoms with Gasteiger partial charge in [0.15, 0.2) is 5.03 Å². The number of aromatic nitrogens is 2. The lowest BCUT2D eigenvalue weighted by molar-refractivity contribution is 0.0827. The maximum atomic E-state index is 14.0. The zero-order valence-electron chi connectivity index (χ0n) is 19.2. The molecule has 8 heteroatoms. The van der Waals surface area contributed by atoms with Gasteiger partial charge in [-0.15, -0.1) is 6.58 Å². The monoisotopic (exact) mass is 475 g/mol. The van der Waals surface area contributed by atoms with E-state index in [1.807, 2.05) is 6.92 Å². The number of carbonyl (C=O) groups excluding carboxylic acids is 1. The number of allylic oxidation sites excluding steroid dienone is 1. The van der Waals surface area contributed by atoms with Crippen LogP contribution >= 0.6 is 0 Å². The highest BCUT2D eigenvalue weighted by Crippen LogP contribution is 2.36. The molecule has 0 atom stereocenters. The maximum absolute atomic E-state index is 14.0. The minimum atomic E-state index is -4.12. The number of pyridine rings is 1. The third kappa shape index (κ3) is 3.86. The van der Waals surface area contributed by atoms with Gasteiger partial charge in [-0.25, -0.2) is 8.42 Å². The average molecular weight is 476 g/mol. The topological polar surface area (TPSA) is 92.2 Å². The molecule has 0 radical (unpaired) electrons. The van der Waals surface area contributed by atoms with Crippen molar-refractivity contribution in [3.8, 4) is 11.1 Å². The van der Waals surface area contributed by atoms with Crippen molar-refractivity contribution < 1.29 is 13.2 Å². The van der Waals surface area contributed by atoms with Crippen LogP contribution < -0.4 is 5.56 Å². The van der Waals surface area contributed by atoms with Crippen molar-refractivity contribution in [2.75, 3.05) is 14.1 Å². The normalized spacial score (nSPS) is 11.5. The SMILES string of the molecule is C=CCn1c(S(=O)(=O)c2ccc(C)cc2)c(-c2cccc(C(=O)N(C)C)c2)c2cc[nH]c2c1=O. The molecule has 0 aliphatic carbocycles. The summed E-state index contributed by atoms with van der Waals surface area (Å²) in [5, 5.41) is 0.327. The third-order valence-corrected chi connectivity index (χ3v) is 7.46. The molecule has 0 aliphatic rings. The summed E-state index contributed by atoms with van der Waals surface area (Å²) >= 11 is 0. The Labute approximate surface area is 197 Å². The van der Waals surface area contributed by atoms with Crippen LogP contribution in [0, 0.1) is 6.92 Å². The summed E-state index contributed by atoms with van der Waals surface area (Å²) in [7, 11) is -0.823. The number of hydrogen-bond acceptors (Lipinski definition) is 4. The molecule has 4 aromatic rings. The standard InChI is InChI=1S/C26H25N3O4S/c1-5-15-29-25(31)23-21(13-14-27-23)22(18-7-6-8-19(16-18)24(30)28(3)4)26(29)34(32,33)20-11-9-17(2)10-12-20/h5-14,16,27H,1,15H2,2-4H3. The molecule has 1 amide bonds. The highest BCUT2D eigenvalue weighted by molar-refractivity contribution is 7.91. The summed E-state index contributed by atoms with van der Waals surface area (Å²) in [5.74, 6) is -0.213. The number of amides is 1. The smallest absolute Gasteiger partial charge is 0.276 e. The van der Waals surface area contributed by atoms with Crippen molar-refractivity contribution in [3.63, 3.8) is 0 Å². The fourth-order valence-electron chi connectivity index (χ4n) is 3.98. The van der Waals surface area contributed by atoms with Gasteiger partial charge in [0.05, 0.1) is 4.90 Å². The molecule has 0 saturated heterocycles. The quantitative estimate of drug-likeness (QED) is 0.426. The van der Waals surface area contributed by atoms with E-state index in [0.717, 1.165) is 5.56 Å². The van der Waals surface area contributed by atoms with Gasteiger partial charge in [-0.1, -0.05) is 35.9 Å². The minimum absolute atomic E-state index is 0.00244. The van der Waals surface area contributed by atoms with E-state index in [-0.39, 0.29) is 27.9 Å². The fourth-order valence-corrected chi connectivity index (χ4v) is 5.64. The Morgan fingerprint density at radius 3 is 2.47 bits per heavy atom. The van der Waals surface area contributed by atoms with Crippen LogP contribution in [0.1, 0.15) is 15.9 Å². The van der Waals surface area contributed by atoms with Crippen molar-refractivity contribution >= 4 is 26.6 Å². The van der Waals surface area contributed by atoms with Gasteiger partial charge in [-0.05, 0) is 42.8 Å². The van der Waals surface area contributed by atoms with Crippen LogP contribution in [0.3, 0.4) is 0 Å². The molecular formula is C26H25N3O4S. The average Bonchev–Trinajstić information content (AvgIpc) is 3.30. The summed E-state index contributed by atoms with van der Waals surface area (Å²) in [6, 6.07) is 14.9. The second-order valence-electron chi connectivity index (χ2n) is 8.25. The molecule has 0 spiro atoms. The molecule has 4 rings (SSSR count). The number of fused-ring (bicyclic) bond motifs is 1. The summed E-state index contributed by atoms with van der Waals surface area (Å²) in [4.78, 5) is 30.4. The van der Waals surface area contributed by atoms with E-state index in [1.165, 1.54) is 27.7 Å². The molecule has 0 saturated carbocycles. The Morgan fingerprint density at radius 1 is 1.12 bits per heavy atom. The number of benzene rings is 2. The van der Waals surface area contributed by atoms with Gasteiger partial charge in [0.1, 0.15) is 5.52 Å². The van der Waals surface area contributed by atoms with E-state index in [1.54, 1.807) is 62.8 Å². The highest BCUT2D eigenvalue weighted by Gasteiger charge is 2.30. The maximum Gasteiger partial charge on any atom is 0.276 e. The zero-order valence-corrected chi connectivity index (χ0v) is 20.0. The number of carbonyl (C=O) groups is 1. The molecule has 34 heavy (non-hydrogen) atoms. The zero-order chi connectivity index (χ0) is 24.6. The molecule has 0 bridgehead atoms. The second kappa shape index (κ2) is 8.79. The van der Waals surface area contributed by atoms with Crippen LogP contribution in [0.2, 0.25) is 0 Å². The number of sulfone groups is 1. The van der Waals surface area contributed by atoms with Crippen molar-refractivity contribution in [1.82, 2.24) is 14.5 Å². The Balaban J connectivity index is 2.15. The molecule has 2 aromatic heterocycles. The van der Waals surface area contributed by atoms with Crippen LogP contribution in [-0.4, -0.2) is 42.9 Å². The van der Waals surface area contributed by atoms with E-state index in [4.69, 9.17) is 0 Å². The van der Waals surface area contributed by atoms with E-state index in [9.17, 15) is 18.0 Å². The van der Waals surface area contributed by atoms with Gasteiger partial charge in [0.2, 0.25) is 9.84 Å². The summed E-state index contributed by atoms with van der Waals surface area (Å²) in [5.41, 5.74) is 2.01. The lowest BCUT2D eigenvalue weighted by atomic mass is 10.0. The lowest BCUT2D eigenvalue weighted by Crippen LogP contribution is -2.27. The van der Waals surface area contributed by atoms with Gasteiger partial charge < -0.3 is 9.88 Å². The van der Waals surface area contributed by atoms with Gasteiger partial charge in [-0.2, -0.15) is 0 Å². The van der Waals surface area contributed by atoms with E-state index < -0.39 is 15.4 Å². The van der Waals surface area contributed by atoms with Crippen LogP contribution in [0.5, 0.6) is 0 Å². The Bertz CT molecular complexity index is 1580. The molecule has 2 aromatic carbocycles. The number of aryl methyl sites for hydroxylation is 1. The molecule has 2 heterocycles. The molecule has 0 aliphatic heterocycles. The lowest BCUT2D eigenvalue weighted by Gasteiger charge is -2.19. The van der Waals surface area contributed by atoms with E-state index in [2.05, 4.69) is 11.6 Å². The summed E-state index contributed by atoms with van der Waals surface area (Å²) in [6.07, 6.45) is 3.09. The van der Waals surface area contributed by atoms with Gasteiger partial charge in [0, 0.05) is 43.4 Å². The Morgan fingerprint density at radius 2 is 1.82 bits per heavy atom. The number of H-pyrrole nitrogens is 1. The largest absolute Gasteiger partial charge is 0.357 e. The van der Waals surface area contributed by atoms with Crippen LogP contribution in [0.4, 0.5) is 0 Å². The Kier molecular flexibility index (Phi) is 6.01. The van der Waals surface area contributed by atoms with Crippen molar-refractivity contribution in [1.29, 1.82) is 0 Å². The first-order valence-corrected chi connectivity index (χ1v) is 12.1. The molecule has 0 unspecified atom stereocenters. The van der Waals surface area contributed by atoms with Crippen LogP contribution in [0.15, 0.2) is 88.2 Å². The van der Waals surface area contributed by atoms with Crippen molar-refractivity contribution in [2.45, 2.75) is 23.4 Å². The third-order valence-electron chi connectivity index (χ3n) is 5.64. The summed E-state index contributed by atoms with van der Waals surface area (Å²) < 4.78 is 29.2. The number of nitrogens with zero attached hydrogens (tertiary/aromatic N) is 2.